The number of benzene rings is 2. The zero-order valence-electron chi connectivity index (χ0n) is 17.3. The lowest BCUT2D eigenvalue weighted by Crippen LogP contribution is -2.24. The molecule has 0 spiro atoms. The fraction of sp³-hybridized carbons (Fsp3) is 0.130. The minimum atomic E-state index is -0.781. The number of rotatable bonds is 6. The normalized spacial score (nSPS) is 10.7. The molecule has 0 unspecified atom stereocenters. The first-order chi connectivity index (χ1) is 15.0. The molecule has 0 aliphatic carbocycles. The number of amides is 1. The van der Waals surface area contributed by atoms with Crippen LogP contribution in [0, 0.1) is 13.8 Å². The number of ketones is 1. The number of ether oxygens (including phenoxy) is 1. The Kier molecular flexibility index (Phi) is 5.36. The molecule has 0 saturated carbocycles. The molecular formula is C23H21N5O3. The van der Waals surface area contributed by atoms with Crippen LogP contribution < -0.4 is 10.1 Å². The van der Waals surface area contributed by atoms with E-state index in [0.717, 1.165) is 11.3 Å². The Labute approximate surface area is 178 Å². The van der Waals surface area contributed by atoms with E-state index in [0.29, 0.717) is 22.8 Å². The maximum absolute atomic E-state index is 12.9. The summed E-state index contributed by atoms with van der Waals surface area (Å²) in [7, 11) is 1.58. The monoisotopic (exact) mass is 415 g/mol. The van der Waals surface area contributed by atoms with Crippen molar-refractivity contribution in [2.45, 2.75) is 13.8 Å². The molecule has 2 aromatic heterocycles. The van der Waals surface area contributed by atoms with Crippen LogP contribution in [0.15, 0.2) is 60.7 Å². The highest BCUT2D eigenvalue weighted by atomic mass is 16.5. The number of anilines is 1. The number of H-pyrrole nitrogens is 1. The molecule has 1 amide bonds. The van der Waals surface area contributed by atoms with Crippen molar-refractivity contribution in [2.75, 3.05) is 12.4 Å². The number of Topliss-reactive ketones (excluding diaryl/α,β-unsaturated/α-hetero) is 1. The van der Waals surface area contributed by atoms with Crippen molar-refractivity contribution >= 4 is 17.5 Å². The van der Waals surface area contributed by atoms with Crippen molar-refractivity contribution in [2.24, 2.45) is 0 Å². The maximum Gasteiger partial charge on any atom is 0.298 e. The number of para-hydroxylation sites is 2. The van der Waals surface area contributed by atoms with E-state index in [1.54, 1.807) is 31.7 Å². The van der Waals surface area contributed by atoms with Crippen molar-refractivity contribution in [3.05, 3.63) is 77.6 Å². The molecule has 0 saturated heterocycles. The van der Waals surface area contributed by atoms with E-state index in [2.05, 4.69) is 20.6 Å². The van der Waals surface area contributed by atoms with Crippen LogP contribution in [-0.2, 0) is 4.79 Å². The van der Waals surface area contributed by atoms with E-state index < -0.39 is 11.7 Å². The predicted molar refractivity (Wildman–Crippen MR) is 117 cm³/mol. The molecule has 8 nitrogen and oxygen atoms in total. The van der Waals surface area contributed by atoms with Crippen LogP contribution in [0.3, 0.4) is 0 Å². The van der Waals surface area contributed by atoms with Gasteiger partial charge in [0.15, 0.2) is 5.82 Å². The molecule has 2 N–H and O–H groups in total. The largest absolute Gasteiger partial charge is 0.496 e. The van der Waals surface area contributed by atoms with Crippen LogP contribution in [0.25, 0.3) is 16.9 Å². The Morgan fingerprint density at radius 2 is 1.74 bits per heavy atom. The Balaban J connectivity index is 1.56. The lowest BCUT2D eigenvalue weighted by atomic mass is 10.1. The Morgan fingerprint density at radius 1 is 1.03 bits per heavy atom. The maximum atomic E-state index is 12.9. The van der Waals surface area contributed by atoms with Crippen LogP contribution in [0.4, 0.5) is 5.82 Å². The molecule has 0 aliphatic rings. The molecule has 0 fully saturated rings. The fourth-order valence-electron chi connectivity index (χ4n) is 3.47. The fourth-order valence-corrected chi connectivity index (χ4v) is 3.47. The van der Waals surface area contributed by atoms with Gasteiger partial charge in [0.05, 0.1) is 35.4 Å². The van der Waals surface area contributed by atoms with E-state index >= 15 is 0 Å². The summed E-state index contributed by atoms with van der Waals surface area (Å²) in [5.41, 5.74) is 3.63. The third-order valence-corrected chi connectivity index (χ3v) is 4.94. The average molecular weight is 415 g/mol. The topological polar surface area (TPSA) is 102 Å². The van der Waals surface area contributed by atoms with Crippen LogP contribution in [-0.4, -0.2) is 38.8 Å². The third kappa shape index (κ3) is 3.83. The van der Waals surface area contributed by atoms with Crippen molar-refractivity contribution in [1.82, 2.24) is 20.0 Å². The second-order valence-corrected chi connectivity index (χ2v) is 6.94. The number of aryl methyl sites for hydroxylation is 1. The number of carbonyl (C=O) groups is 2. The number of carbonyl (C=O) groups excluding carboxylic acids is 2. The summed E-state index contributed by atoms with van der Waals surface area (Å²) in [6, 6.07) is 18.5. The summed E-state index contributed by atoms with van der Waals surface area (Å²) in [4.78, 5) is 25.5. The molecule has 156 valence electrons. The first-order valence-electron chi connectivity index (χ1n) is 9.65. The molecule has 0 radical (unpaired) electrons. The molecule has 2 heterocycles. The van der Waals surface area contributed by atoms with Gasteiger partial charge in [0.2, 0.25) is 0 Å². The van der Waals surface area contributed by atoms with E-state index in [4.69, 9.17) is 4.74 Å². The van der Waals surface area contributed by atoms with Crippen molar-refractivity contribution in [1.29, 1.82) is 0 Å². The highest BCUT2D eigenvalue weighted by Gasteiger charge is 2.25. The molecule has 0 aliphatic heterocycles. The molecular weight excluding hydrogens is 394 g/mol. The van der Waals surface area contributed by atoms with Gasteiger partial charge in [-0.05, 0) is 38.1 Å². The van der Waals surface area contributed by atoms with Gasteiger partial charge in [-0.15, -0.1) is 0 Å². The summed E-state index contributed by atoms with van der Waals surface area (Å²) in [5.74, 6) is -0.541. The molecule has 8 heteroatoms. The summed E-state index contributed by atoms with van der Waals surface area (Å²) in [6.07, 6.45) is 0. The van der Waals surface area contributed by atoms with Gasteiger partial charge in [0.25, 0.3) is 11.7 Å². The second kappa shape index (κ2) is 8.27. The van der Waals surface area contributed by atoms with E-state index in [-0.39, 0.29) is 11.4 Å². The first-order valence-corrected chi connectivity index (χ1v) is 9.65. The van der Waals surface area contributed by atoms with Gasteiger partial charge in [-0.25, -0.2) is 4.68 Å². The van der Waals surface area contributed by atoms with Gasteiger partial charge < -0.3 is 10.1 Å². The number of hydrogen-bond donors (Lipinski definition) is 2. The van der Waals surface area contributed by atoms with E-state index in [1.807, 2.05) is 54.6 Å². The number of nitrogens with zero attached hydrogens (tertiary/aromatic N) is 3. The van der Waals surface area contributed by atoms with Gasteiger partial charge in [-0.1, -0.05) is 30.3 Å². The number of aromatic amines is 1. The van der Waals surface area contributed by atoms with Crippen molar-refractivity contribution < 1.29 is 14.3 Å². The van der Waals surface area contributed by atoms with Gasteiger partial charge in [0.1, 0.15) is 5.75 Å². The first kappa shape index (κ1) is 20.1. The minimum absolute atomic E-state index is 0.241. The predicted octanol–water partition coefficient (Wildman–Crippen LogP) is 3.71. The molecule has 2 aromatic carbocycles. The standard InChI is InChI=1S/C23H21N5O3/c1-14-21(15(2)28(27-14)16-9-5-4-6-10-16)22(29)23(30)24-20-13-18(25-26-20)17-11-7-8-12-19(17)31-3/h4-13H,1-3H3,(H2,24,25,26,30). The smallest absolute Gasteiger partial charge is 0.298 e. The quantitative estimate of drug-likeness (QED) is 0.369. The summed E-state index contributed by atoms with van der Waals surface area (Å²) < 4.78 is 7.01. The average Bonchev–Trinajstić information content (AvgIpc) is 3.37. The highest BCUT2D eigenvalue weighted by molar-refractivity contribution is 6.47. The van der Waals surface area contributed by atoms with Crippen LogP contribution in [0.1, 0.15) is 21.7 Å². The van der Waals surface area contributed by atoms with Crippen LogP contribution in [0.2, 0.25) is 0 Å². The number of methoxy groups -OCH3 is 1. The Hall–Kier alpha value is -4.20. The zero-order chi connectivity index (χ0) is 22.0. The second-order valence-electron chi connectivity index (χ2n) is 6.94. The lowest BCUT2D eigenvalue weighted by Gasteiger charge is -2.05. The molecule has 0 bridgehead atoms. The van der Waals surface area contributed by atoms with Crippen molar-refractivity contribution in [3.8, 4) is 22.7 Å². The Morgan fingerprint density at radius 3 is 2.48 bits per heavy atom. The van der Waals surface area contributed by atoms with Crippen LogP contribution >= 0.6 is 0 Å². The van der Waals surface area contributed by atoms with Gasteiger partial charge >= 0.3 is 0 Å². The SMILES string of the molecule is COc1ccccc1-c1cc(NC(=O)C(=O)c2c(C)nn(-c3ccccc3)c2C)n[nH]1. The summed E-state index contributed by atoms with van der Waals surface area (Å²) in [6.45, 7) is 3.48. The summed E-state index contributed by atoms with van der Waals surface area (Å²) >= 11 is 0. The van der Waals surface area contributed by atoms with Crippen molar-refractivity contribution in [3.63, 3.8) is 0 Å². The number of nitrogens with one attached hydrogen (secondary N) is 2. The van der Waals surface area contributed by atoms with E-state index in [1.165, 1.54) is 0 Å². The summed E-state index contributed by atoms with van der Waals surface area (Å²) in [5, 5.41) is 13.9. The van der Waals surface area contributed by atoms with Gasteiger partial charge in [-0.3, -0.25) is 14.7 Å². The number of hydrogen-bond acceptors (Lipinski definition) is 5. The zero-order valence-corrected chi connectivity index (χ0v) is 17.3. The van der Waals surface area contributed by atoms with Gasteiger partial charge in [-0.2, -0.15) is 10.2 Å². The molecule has 4 aromatic rings. The molecule has 0 atom stereocenters. The lowest BCUT2D eigenvalue weighted by molar-refractivity contribution is -0.112. The van der Waals surface area contributed by atoms with Crippen LogP contribution in [0.5, 0.6) is 5.75 Å². The van der Waals surface area contributed by atoms with Gasteiger partial charge in [0, 0.05) is 11.6 Å². The highest BCUT2D eigenvalue weighted by Crippen LogP contribution is 2.29. The third-order valence-electron chi connectivity index (χ3n) is 4.94. The minimum Gasteiger partial charge on any atom is -0.496 e. The van der Waals surface area contributed by atoms with E-state index in [9.17, 15) is 9.59 Å². The molecule has 31 heavy (non-hydrogen) atoms. The Bertz CT molecular complexity index is 1260. The number of aromatic nitrogens is 4. The molecule has 4 rings (SSSR count).